The van der Waals surface area contributed by atoms with Crippen LogP contribution in [0.1, 0.15) is 10.4 Å². The van der Waals surface area contributed by atoms with Crippen LogP contribution in [0.5, 0.6) is 5.75 Å². The van der Waals surface area contributed by atoms with Crippen LogP contribution in [-0.2, 0) is 0 Å². The third-order valence-electron chi connectivity index (χ3n) is 2.40. The lowest BCUT2D eigenvalue weighted by atomic mass is 10.2. The van der Waals surface area contributed by atoms with E-state index in [1.54, 1.807) is 0 Å². The Morgan fingerprint density at radius 2 is 2.00 bits per heavy atom. The van der Waals surface area contributed by atoms with Gasteiger partial charge in [0.05, 0.1) is 10.6 Å². The molecular weight excluding hydrogens is 325 g/mol. The van der Waals surface area contributed by atoms with Crippen molar-refractivity contribution in [3.63, 3.8) is 0 Å². The molecule has 0 fully saturated rings. The van der Waals surface area contributed by atoms with Gasteiger partial charge in [-0.25, -0.2) is 4.98 Å². The number of nitrogens with one attached hydrogen (secondary N) is 1. The Bertz CT molecular complexity index is 651. The van der Waals surface area contributed by atoms with Crippen LogP contribution in [0, 0.1) is 0 Å². The summed E-state index contributed by atoms with van der Waals surface area (Å²) in [5.74, 6) is -0.601. The molecule has 0 atom stereocenters. The molecular formula is C13H8Cl2F2N2O2. The number of benzene rings is 1. The third-order valence-corrected chi connectivity index (χ3v) is 2.91. The summed E-state index contributed by atoms with van der Waals surface area (Å²) in [5.41, 5.74) is 0.630. The van der Waals surface area contributed by atoms with Crippen LogP contribution in [0.2, 0.25) is 10.2 Å². The first kappa shape index (κ1) is 15.5. The molecule has 0 aliphatic heterocycles. The molecule has 2 rings (SSSR count). The van der Waals surface area contributed by atoms with Crippen molar-refractivity contribution in [2.75, 3.05) is 5.32 Å². The molecule has 0 unspecified atom stereocenters. The minimum Gasteiger partial charge on any atom is -0.433 e. The molecule has 1 N–H and O–H groups in total. The van der Waals surface area contributed by atoms with Crippen molar-refractivity contribution in [1.29, 1.82) is 0 Å². The summed E-state index contributed by atoms with van der Waals surface area (Å²) >= 11 is 11.4. The Hall–Kier alpha value is -1.92. The van der Waals surface area contributed by atoms with Crippen LogP contribution >= 0.6 is 23.2 Å². The molecule has 0 spiro atoms. The van der Waals surface area contributed by atoms with Gasteiger partial charge in [0.25, 0.3) is 5.91 Å². The van der Waals surface area contributed by atoms with Gasteiger partial charge in [-0.3, -0.25) is 4.79 Å². The van der Waals surface area contributed by atoms with Crippen LogP contribution in [0.15, 0.2) is 36.5 Å². The van der Waals surface area contributed by atoms with E-state index in [9.17, 15) is 13.6 Å². The van der Waals surface area contributed by atoms with Crippen molar-refractivity contribution in [3.05, 3.63) is 52.3 Å². The molecule has 0 aliphatic rings. The average molecular weight is 333 g/mol. The molecule has 0 bridgehead atoms. The Morgan fingerprint density at radius 3 is 2.57 bits per heavy atom. The lowest BCUT2D eigenvalue weighted by Crippen LogP contribution is -2.12. The molecule has 21 heavy (non-hydrogen) atoms. The Kier molecular flexibility index (Phi) is 4.93. The molecule has 1 aromatic heterocycles. The second-order valence-electron chi connectivity index (χ2n) is 3.85. The van der Waals surface area contributed by atoms with E-state index < -0.39 is 12.5 Å². The Morgan fingerprint density at radius 1 is 1.24 bits per heavy atom. The van der Waals surface area contributed by atoms with Crippen molar-refractivity contribution < 1.29 is 18.3 Å². The quantitative estimate of drug-likeness (QED) is 0.852. The highest BCUT2D eigenvalue weighted by Crippen LogP contribution is 2.29. The van der Waals surface area contributed by atoms with Crippen LogP contribution in [0.4, 0.5) is 14.5 Å². The number of alkyl halides is 2. The third kappa shape index (κ3) is 4.27. The molecule has 4 nitrogen and oxygen atoms in total. The van der Waals surface area contributed by atoms with E-state index in [2.05, 4.69) is 15.0 Å². The monoisotopic (exact) mass is 332 g/mol. The number of hydrogen-bond donors (Lipinski definition) is 1. The van der Waals surface area contributed by atoms with Gasteiger partial charge in [0.1, 0.15) is 10.9 Å². The minimum atomic E-state index is -2.97. The summed E-state index contributed by atoms with van der Waals surface area (Å²) in [6.45, 7) is -2.97. The fourth-order valence-corrected chi connectivity index (χ4v) is 1.82. The lowest BCUT2D eigenvalue weighted by molar-refractivity contribution is -0.0497. The highest BCUT2D eigenvalue weighted by atomic mass is 35.5. The Labute approximate surface area is 128 Å². The van der Waals surface area contributed by atoms with E-state index in [0.717, 1.165) is 0 Å². The van der Waals surface area contributed by atoms with Crippen molar-refractivity contribution in [2.24, 2.45) is 0 Å². The van der Waals surface area contributed by atoms with Gasteiger partial charge in [-0.05, 0) is 30.3 Å². The standard InChI is InChI=1S/C13H8Cl2F2N2O2/c14-9-5-8(2-3-10(9)21-13(16)17)19-12(20)7-1-4-11(15)18-6-7/h1-6,13H,(H,19,20). The molecule has 0 radical (unpaired) electrons. The number of anilines is 1. The number of amides is 1. The average Bonchev–Trinajstić information content (AvgIpc) is 2.42. The molecule has 8 heteroatoms. The van der Waals surface area contributed by atoms with Crippen molar-refractivity contribution in [3.8, 4) is 5.75 Å². The first-order valence-corrected chi connectivity index (χ1v) is 6.38. The van der Waals surface area contributed by atoms with E-state index in [0.29, 0.717) is 11.3 Å². The summed E-state index contributed by atoms with van der Waals surface area (Å²) in [6, 6.07) is 6.92. The van der Waals surface area contributed by atoms with Gasteiger partial charge in [0.2, 0.25) is 0 Å². The number of carbonyl (C=O) groups excluding carboxylic acids is 1. The maximum Gasteiger partial charge on any atom is 0.387 e. The zero-order valence-corrected chi connectivity index (χ0v) is 11.8. The summed E-state index contributed by atoms with van der Waals surface area (Å²) in [6.07, 6.45) is 1.31. The van der Waals surface area contributed by atoms with Crippen LogP contribution in [0.25, 0.3) is 0 Å². The number of nitrogens with zero attached hydrogens (tertiary/aromatic N) is 1. The van der Waals surface area contributed by atoms with E-state index in [1.807, 2.05) is 0 Å². The van der Waals surface area contributed by atoms with Crippen LogP contribution in [0.3, 0.4) is 0 Å². The lowest BCUT2D eigenvalue weighted by Gasteiger charge is -2.09. The molecule has 1 amide bonds. The molecule has 0 saturated heterocycles. The van der Waals surface area contributed by atoms with Gasteiger partial charge in [0, 0.05) is 11.9 Å². The number of pyridine rings is 1. The predicted octanol–water partition coefficient (Wildman–Crippen LogP) is 4.24. The highest BCUT2D eigenvalue weighted by molar-refractivity contribution is 6.32. The van der Waals surface area contributed by atoms with Crippen molar-refractivity contribution >= 4 is 34.8 Å². The number of ether oxygens (including phenoxy) is 1. The Balaban J connectivity index is 2.11. The number of aromatic nitrogens is 1. The molecule has 110 valence electrons. The van der Waals surface area contributed by atoms with E-state index >= 15 is 0 Å². The second-order valence-corrected chi connectivity index (χ2v) is 4.64. The summed E-state index contributed by atoms with van der Waals surface area (Å²) in [4.78, 5) is 15.7. The zero-order valence-electron chi connectivity index (χ0n) is 10.3. The van der Waals surface area contributed by atoms with Crippen molar-refractivity contribution in [2.45, 2.75) is 6.61 Å². The fourth-order valence-electron chi connectivity index (χ4n) is 1.48. The van der Waals surface area contributed by atoms with E-state index in [1.165, 1.54) is 36.5 Å². The van der Waals surface area contributed by atoms with Gasteiger partial charge in [-0.2, -0.15) is 8.78 Å². The van der Waals surface area contributed by atoms with E-state index in [4.69, 9.17) is 23.2 Å². The number of rotatable bonds is 4. The first-order chi connectivity index (χ1) is 9.95. The van der Waals surface area contributed by atoms with Gasteiger partial charge >= 0.3 is 6.61 Å². The summed E-state index contributed by atoms with van der Waals surface area (Å²) < 4.78 is 28.4. The summed E-state index contributed by atoms with van der Waals surface area (Å²) in [7, 11) is 0. The normalized spacial score (nSPS) is 10.5. The van der Waals surface area contributed by atoms with Crippen LogP contribution < -0.4 is 10.1 Å². The number of halogens is 4. The first-order valence-electron chi connectivity index (χ1n) is 5.63. The number of carbonyl (C=O) groups is 1. The predicted molar refractivity (Wildman–Crippen MR) is 75.3 cm³/mol. The highest BCUT2D eigenvalue weighted by Gasteiger charge is 2.11. The molecule has 0 aliphatic carbocycles. The zero-order chi connectivity index (χ0) is 15.4. The van der Waals surface area contributed by atoms with Gasteiger partial charge in [0.15, 0.2) is 0 Å². The molecule has 1 aromatic carbocycles. The molecule has 2 aromatic rings. The maximum atomic E-state index is 12.1. The molecule has 1 heterocycles. The van der Waals surface area contributed by atoms with Gasteiger partial charge < -0.3 is 10.1 Å². The largest absolute Gasteiger partial charge is 0.433 e. The van der Waals surface area contributed by atoms with Gasteiger partial charge in [-0.1, -0.05) is 23.2 Å². The smallest absolute Gasteiger partial charge is 0.387 e. The van der Waals surface area contributed by atoms with E-state index in [-0.39, 0.29) is 15.9 Å². The summed E-state index contributed by atoms with van der Waals surface area (Å²) in [5, 5.41) is 2.78. The minimum absolute atomic E-state index is 0.0395. The molecule has 0 saturated carbocycles. The van der Waals surface area contributed by atoms with Crippen molar-refractivity contribution in [1.82, 2.24) is 4.98 Å². The topological polar surface area (TPSA) is 51.2 Å². The fraction of sp³-hybridized carbons (Fsp3) is 0.0769. The van der Waals surface area contributed by atoms with Crippen LogP contribution in [-0.4, -0.2) is 17.5 Å². The SMILES string of the molecule is O=C(Nc1ccc(OC(F)F)c(Cl)c1)c1ccc(Cl)nc1. The maximum absolute atomic E-state index is 12.1. The number of hydrogen-bond acceptors (Lipinski definition) is 3. The second kappa shape index (κ2) is 6.69. The van der Waals surface area contributed by atoms with Gasteiger partial charge in [-0.15, -0.1) is 0 Å².